The first-order valence-corrected chi connectivity index (χ1v) is 7.59. The molecule has 0 fully saturated rings. The second-order valence-electron chi connectivity index (χ2n) is 4.75. The molecule has 1 nitrogen and oxygen atoms in total. The molecular formula is C17H20BrN. The van der Waals surface area contributed by atoms with Gasteiger partial charge in [0.25, 0.3) is 0 Å². The molecule has 1 atom stereocenters. The highest BCUT2D eigenvalue weighted by atomic mass is 79.9. The first-order chi connectivity index (χ1) is 9.29. The monoisotopic (exact) mass is 317 g/mol. The summed E-state index contributed by atoms with van der Waals surface area (Å²) in [5, 5.41) is 3.47. The Kier molecular flexibility index (Phi) is 5.62. The van der Waals surface area contributed by atoms with Crippen molar-refractivity contribution < 1.29 is 0 Å². The summed E-state index contributed by atoms with van der Waals surface area (Å²) in [5.74, 6) is 0.524. The largest absolute Gasteiger partial charge is 0.316 e. The number of hydrogen-bond acceptors (Lipinski definition) is 1. The van der Waals surface area contributed by atoms with Crippen molar-refractivity contribution in [2.24, 2.45) is 0 Å². The number of benzene rings is 2. The second-order valence-corrected chi connectivity index (χ2v) is 5.67. The number of nitrogens with one attached hydrogen (secondary N) is 1. The van der Waals surface area contributed by atoms with E-state index >= 15 is 0 Å². The third-order valence-electron chi connectivity index (χ3n) is 3.28. The first kappa shape index (κ1) is 14.3. The first-order valence-electron chi connectivity index (χ1n) is 6.79. The summed E-state index contributed by atoms with van der Waals surface area (Å²) in [6.45, 7) is 4.19. The quantitative estimate of drug-likeness (QED) is 0.833. The minimum atomic E-state index is 0.524. The highest BCUT2D eigenvalue weighted by Gasteiger charge is 2.11. The van der Waals surface area contributed by atoms with Gasteiger partial charge in [-0.3, -0.25) is 0 Å². The predicted octanol–water partition coefficient (Wildman–Crippen LogP) is 4.38. The summed E-state index contributed by atoms with van der Waals surface area (Å²) in [4.78, 5) is 0. The van der Waals surface area contributed by atoms with E-state index in [1.807, 2.05) is 0 Å². The van der Waals surface area contributed by atoms with E-state index in [1.165, 1.54) is 11.1 Å². The third-order valence-corrected chi connectivity index (χ3v) is 3.78. The normalized spacial score (nSPS) is 12.3. The smallest absolute Gasteiger partial charge is 0.0177 e. The van der Waals surface area contributed by atoms with E-state index in [2.05, 4.69) is 82.8 Å². The number of halogens is 1. The lowest BCUT2D eigenvalue weighted by Gasteiger charge is -2.18. The Morgan fingerprint density at radius 3 is 2.53 bits per heavy atom. The molecule has 0 aliphatic carbocycles. The van der Waals surface area contributed by atoms with E-state index in [0.717, 1.165) is 24.0 Å². The van der Waals surface area contributed by atoms with Crippen LogP contribution >= 0.6 is 15.9 Å². The van der Waals surface area contributed by atoms with Gasteiger partial charge >= 0.3 is 0 Å². The lowest BCUT2D eigenvalue weighted by Crippen LogP contribution is -2.22. The molecule has 19 heavy (non-hydrogen) atoms. The molecule has 2 rings (SSSR count). The average molecular weight is 318 g/mol. The van der Waals surface area contributed by atoms with Crippen LogP contribution in [0.25, 0.3) is 0 Å². The van der Waals surface area contributed by atoms with Crippen LogP contribution in [0.15, 0.2) is 59.1 Å². The minimum Gasteiger partial charge on any atom is -0.316 e. The molecule has 0 saturated heterocycles. The second kappa shape index (κ2) is 7.46. The fraction of sp³-hybridized carbons (Fsp3) is 0.294. The van der Waals surface area contributed by atoms with Gasteiger partial charge in [0.15, 0.2) is 0 Å². The van der Waals surface area contributed by atoms with Crippen molar-refractivity contribution in [2.45, 2.75) is 19.3 Å². The van der Waals surface area contributed by atoms with Crippen LogP contribution in [0.3, 0.4) is 0 Å². The van der Waals surface area contributed by atoms with Crippen LogP contribution in [0.1, 0.15) is 24.0 Å². The molecule has 0 radical (unpaired) electrons. The Balaban J connectivity index is 2.14. The Hall–Kier alpha value is -1.12. The van der Waals surface area contributed by atoms with Crippen molar-refractivity contribution in [1.29, 1.82) is 0 Å². The summed E-state index contributed by atoms with van der Waals surface area (Å²) in [6.07, 6.45) is 1.07. The number of likely N-dealkylation sites (N-methyl/N-ethyl adjacent to an activating group) is 1. The van der Waals surface area contributed by atoms with Gasteiger partial charge < -0.3 is 5.32 Å². The highest BCUT2D eigenvalue weighted by molar-refractivity contribution is 9.10. The molecular weight excluding hydrogens is 298 g/mol. The van der Waals surface area contributed by atoms with Gasteiger partial charge in [-0.1, -0.05) is 65.3 Å². The van der Waals surface area contributed by atoms with Crippen molar-refractivity contribution in [3.05, 3.63) is 70.2 Å². The molecule has 0 aromatic heterocycles. The van der Waals surface area contributed by atoms with Crippen LogP contribution in [-0.2, 0) is 6.42 Å². The highest BCUT2D eigenvalue weighted by Crippen LogP contribution is 2.22. The molecule has 0 aliphatic heterocycles. The summed E-state index contributed by atoms with van der Waals surface area (Å²) >= 11 is 3.55. The lowest BCUT2D eigenvalue weighted by atomic mass is 9.92. The van der Waals surface area contributed by atoms with Gasteiger partial charge in [0.1, 0.15) is 0 Å². The fourth-order valence-electron chi connectivity index (χ4n) is 2.30. The van der Waals surface area contributed by atoms with E-state index in [1.54, 1.807) is 0 Å². The van der Waals surface area contributed by atoms with Gasteiger partial charge in [-0.25, -0.2) is 0 Å². The van der Waals surface area contributed by atoms with Gasteiger partial charge in [0.2, 0.25) is 0 Å². The van der Waals surface area contributed by atoms with Crippen LogP contribution < -0.4 is 5.32 Å². The molecule has 0 bridgehead atoms. The van der Waals surface area contributed by atoms with Crippen molar-refractivity contribution in [3.8, 4) is 0 Å². The van der Waals surface area contributed by atoms with Crippen LogP contribution in [0.5, 0.6) is 0 Å². The van der Waals surface area contributed by atoms with Gasteiger partial charge in [-0.2, -0.15) is 0 Å². The summed E-state index contributed by atoms with van der Waals surface area (Å²) in [5.41, 5.74) is 2.78. The molecule has 0 saturated carbocycles. The molecule has 2 heteroatoms. The fourth-order valence-corrected chi connectivity index (χ4v) is 2.75. The Morgan fingerprint density at radius 2 is 1.84 bits per heavy atom. The molecule has 0 amide bonds. The topological polar surface area (TPSA) is 12.0 Å². The maximum absolute atomic E-state index is 3.55. The van der Waals surface area contributed by atoms with Crippen molar-refractivity contribution in [3.63, 3.8) is 0 Å². The summed E-state index contributed by atoms with van der Waals surface area (Å²) in [6, 6.07) is 19.4. The Labute approximate surface area is 124 Å². The summed E-state index contributed by atoms with van der Waals surface area (Å²) < 4.78 is 1.15. The zero-order chi connectivity index (χ0) is 13.5. The maximum atomic E-state index is 3.55. The zero-order valence-corrected chi connectivity index (χ0v) is 12.9. The van der Waals surface area contributed by atoms with Gasteiger partial charge in [-0.05, 0) is 36.2 Å². The minimum absolute atomic E-state index is 0.524. The van der Waals surface area contributed by atoms with Crippen LogP contribution in [-0.4, -0.2) is 13.1 Å². The van der Waals surface area contributed by atoms with Gasteiger partial charge in [0.05, 0.1) is 0 Å². The van der Waals surface area contributed by atoms with E-state index < -0.39 is 0 Å². The molecule has 0 aliphatic rings. The van der Waals surface area contributed by atoms with Crippen molar-refractivity contribution in [1.82, 2.24) is 5.32 Å². The Morgan fingerprint density at radius 1 is 1.05 bits per heavy atom. The van der Waals surface area contributed by atoms with Crippen molar-refractivity contribution >= 4 is 15.9 Å². The Bertz CT molecular complexity index is 496. The lowest BCUT2D eigenvalue weighted by molar-refractivity contribution is 0.595. The third kappa shape index (κ3) is 4.48. The molecule has 0 spiro atoms. The van der Waals surface area contributed by atoms with Crippen LogP contribution in [0, 0.1) is 0 Å². The molecule has 0 heterocycles. The average Bonchev–Trinajstić information content (AvgIpc) is 2.44. The summed E-state index contributed by atoms with van der Waals surface area (Å²) in [7, 11) is 0. The van der Waals surface area contributed by atoms with Gasteiger partial charge in [0, 0.05) is 16.9 Å². The van der Waals surface area contributed by atoms with E-state index in [4.69, 9.17) is 0 Å². The van der Waals surface area contributed by atoms with E-state index in [0.29, 0.717) is 5.92 Å². The van der Waals surface area contributed by atoms with Crippen LogP contribution in [0.2, 0.25) is 0 Å². The number of rotatable bonds is 6. The van der Waals surface area contributed by atoms with E-state index in [9.17, 15) is 0 Å². The van der Waals surface area contributed by atoms with Crippen molar-refractivity contribution in [2.75, 3.05) is 13.1 Å². The maximum Gasteiger partial charge on any atom is 0.0177 e. The standard InChI is InChI=1S/C17H20BrN/c1-2-19-13-16(15-8-4-3-5-9-15)11-14-7-6-10-17(18)12-14/h3-10,12,16,19H,2,11,13H2,1H3. The number of hydrogen-bond donors (Lipinski definition) is 1. The molecule has 100 valence electrons. The SMILES string of the molecule is CCNCC(Cc1cccc(Br)c1)c1ccccc1. The predicted molar refractivity (Wildman–Crippen MR) is 85.6 cm³/mol. The van der Waals surface area contributed by atoms with Gasteiger partial charge in [-0.15, -0.1) is 0 Å². The molecule has 2 aromatic carbocycles. The zero-order valence-electron chi connectivity index (χ0n) is 11.3. The van der Waals surface area contributed by atoms with Crippen LogP contribution in [0.4, 0.5) is 0 Å². The molecule has 1 N–H and O–H groups in total. The molecule has 1 unspecified atom stereocenters. The molecule has 2 aromatic rings. The van der Waals surface area contributed by atoms with E-state index in [-0.39, 0.29) is 0 Å².